The third-order valence-electron chi connectivity index (χ3n) is 8.54. The molecule has 6 aromatic rings. The predicted molar refractivity (Wildman–Crippen MR) is 202 cm³/mol. The Morgan fingerprint density at radius 1 is 0.860 bits per heavy atom. The van der Waals surface area contributed by atoms with Gasteiger partial charge in [0.05, 0.1) is 18.2 Å². The lowest BCUT2D eigenvalue weighted by atomic mass is 9.97. The van der Waals surface area contributed by atoms with Gasteiger partial charge in [0.1, 0.15) is 10.8 Å². The second kappa shape index (κ2) is 16.0. The van der Waals surface area contributed by atoms with Gasteiger partial charge in [0, 0.05) is 45.9 Å². The van der Waals surface area contributed by atoms with Crippen molar-refractivity contribution in [2.45, 2.75) is 30.7 Å². The maximum atomic E-state index is 13.3. The van der Waals surface area contributed by atoms with E-state index in [1.54, 1.807) is 12.1 Å². The van der Waals surface area contributed by atoms with Crippen LogP contribution in [-0.4, -0.2) is 42.3 Å². The minimum Gasteiger partial charge on any atom is -0.493 e. The lowest BCUT2D eigenvalue weighted by molar-refractivity contribution is 0.0697. The van der Waals surface area contributed by atoms with Gasteiger partial charge in [-0.1, -0.05) is 90.5 Å². The Hall–Kier alpha value is -4.54. The molecule has 50 heavy (non-hydrogen) atoms. The fourth-order valence-corrected chi connectivity index (χ4v) is 8.72. The van der Waals surface area contributed by atoms with Gasteiger partial charge in [-0.3, -0.25) is 0 Å². The van der Waals surface area contributed by atoms with Gasteiger partial charge in [-0.2, -0.15) is 0 Å². The molecular formula is C40H37ClN2O5S2. The molecule has 256 valence electrons. The van der Waals surface area contributed by atoms with E-state index in [9.17, 15) is 18.3 Å². The molecule has 0 saturated carbocycles. The number of fused-ring (bicyclic) bond motifs is 1. The molecule has 0 fully saturated rings. The van der Waals surface area contributed by atoms with Crippen molar-refractivity contribution in [3.8, 4) is 5.75 Å². The van der Waals surface area contributed by atoms with E-state index in [2.05, 4.69) is 33.6 Å². The van der Waals surface area contributed by atoms with Crippen molar-refractivity contribution in [3.63, 3.8) is 0 Å². The number of carboxylic acids is 1. The van der Waals surface area contributed by atoms with Gasteiger partial charge in [-0.05, 0) is 77.7 Å². The minimum absolute atomic E-state index is 0.0888. The highest BCUT2D eigenvalue weighted by atomic mass is 35.5. The SMILES string of the molecule is Cc1ccccc1SCS(=O)(=O)NCCc1c(CCOc2ccc(C(=O)O)cc2)c2cc(Cl)ccc2n1C(c1ccccc1)c1ccccc1. The van der Waals surface area contributed by atoms with Crippen molar-refractivity contribution < 1.29 is 23.1 Å². The molecule has 0 spiro atoms. The van der Waals surface area contributed by atoms with Crippen LogP contribution in [0.2, 0.25) is 5.02 Å². The fourth-order valence-electron chi connectivity index (χ4n) is 6.20. The van der Waals surface area contributed by atoms with Gasteiger partial charge >= 0.3 is 5.97 Å². The standard InChI is InChI=1S/C40H37ClN2O5S2/c1-28-10-8-9-15-38(28)49-27-50(46,47)42-24-22-37-34(23-25-48-33-19-16-31(17-20-33)40(44)45)35-26-32(41)18-21-36(35)43(37)39(29-11-4-2-5-12-29)30-13-6-3-7-14-30/h2-21,26,39,42H,22-25,27H2,1H3,(H,44,45). The van der Waals surface area contributed by atoms with E-state index in [1.165, 1.54) is 23.9 Å². The first kappa shape index (κ1) is 35.3. The summed E-state index contributed by atoms with van der Waals surface area (Å²) in [5.74, 6) is -0.439. The topological polar surface area (TPSA) is 97.6 Å². The number of aromatic nitrogens is 1. The lowest BCUT2D eigenvalue weighted by Gasteiger charge is -2.25. The van der Waals surface area contributed by atoms with Crippen LogP contribution in [0.4, 0.5) is 0 Å². The molecule has 5 aromatic carbocycles. The van der Waals surface area contributed by atoms with Crippen molar-refractivity contribution in [1.82, 2.24) is 9.29 Å². The normalized spacial score (nSPS) is 11.7. The van der Waals surface area contributed by atoms with Gasteiger partial charge in [-0.15, -0.1) is 11.8 Å². The maximum absolute atomic E-state index is 13.3. The summed E-state index contributed by atoms with van der Waals surface area (Å²) in [5, 5.41) is 10.8. The molecule has 0 aliphatic rings. The predicted octanol–water partition coefficient (Wildman–Crippen LogP) is 8.77. The van der Waals surface area contributed by atoms with Crippen LogP contribution in [0.5, 0.6) is 5.75 Å². The second-order valence-electron chi connectivity index (χ2n) is 11.9. The number of rotatable bonds is 15. The number of benzene rings is 5. The van der Waals surface area contributed by atoms with Crippen LogP contribution in [0.15, 0.2) is 132 Å². The van der Waals surface area contributed by atoms with Crippen molar-refractivity contribution in [2.24, 2.45) is 0 Å². The number of sulfonamides is 1. The monoisotopic (exact) mass is 724 g/mol. The highest BCUT2D eigenvalue weighted by molar-refractivity contribution is 8.11. The lowest BCUT2D eigenvalue weighted by Crippen LogP contribution is -2.28. The van der Waals surface area contributed by atoms with E-state index in [-0.39, 0.29) is 23.2 Å². The Kier molecular flexibility index (Phi) is 11.3. The summed E-state index contributed by atoms with van der Waals surface area (Å²) in [4.78, 5) is 12.3. The van der Waals surface area contributed by atoms with E-state index in [0.29, 0.717) is 30.2 Å². The van der Waals surface area contributed by atoms with E-state index in [1.807, 2.05) is 85.8 Å². The largest absolute Gasteiger partial charge is 0.493 e. The van der Waals surface area contributed by atoms with Crippen molar-refractivity contribution in [3.05, 3.63) is 166 Å². The smallest absolute Gasteiger partial charge is 0.335 e. The first-order valence-corrected chi connectivity index (χ1v) is 19.2. The molecule has 0 unspecified atom stereocenters. The number of aryl methyl sites for hydroxylation is 1. The summed E-state index contributed by atoms with van der Waals surface area (Å²) < 4.78 is 37.8. The summed E-state index contributed by atoms with van der Waals surface area (Å²) in [7, 11) is -3.60. The molecule has 0 radical (unpaired) electrons. The fraction of sp³-hybridized carbons (Fsp3) is 0.175. The molecule has 7 nitrogen and oxygen atoms in total. The van der Waals surface area contributed by atoms with Crippen LogP contribution in [0, 0.1) is 6.92 Å². The number of carboxylic acid groups (broad SMARTS) is 1. The van der Waals surface area contributed by atoms with E-state index >= 15 is 0 Å². The molecule has 1 heterocycles. The van der Waals surface area contributed by atoms with Gasteiger partial charge in [0.2, 0.25) is 10.0 Å². The van der Waals surface area contributed by atoms with Gasteiger partial charge in [0.25, 0.3) is 0 Å². The Labute approximate surface area is 301 Å². The number of thioether (sulfide) groups is 1. The van der Waals surface area contributed by atoms with Crippen LogP contribution < -0.4 is 9.46 Å². The summed E-state index contributed by atoms with van der Waals surface area (Å²) in [6.45, 7) is 2.48. The molecule has 10 heteroatoms. The molecule has 1 aromatic heterocycles. The van der Waals surface area contributed by atoms with Gasteiger partial charge in [-0.25, -0.2) is 17.9 Å². The van der Waals surface area contributed by atoms with Crippen LogP contribution in [-0.2, 0) is 22.9 Å². The van der Waals surface area contributed by atoms with E-state index < -0.39 is 16.0 Å². The number of halogens is 1. The van der Waals surface area contributed by atoms with Crippen molar-refractivity contribution in [2.75, 3.05) is 18.2 Å². The number of hydrogen-bond donors (Lipinski definition) is 2. The van der Waals surface area contributed by atoms with Crippen molar-refractivity contribution in [1.29, 1.82) is 0 Å². The zero-order chi connectivity index (χ0) is 35.1. The Bertz CT molecular complexity index is 2150. The maximum Gasteiger partial charge on any atom is 0.335 e. The second-order valence-corrected chi connectivity index (χ2v) is 15.5. The van der Waals surface area contributed by atoms with Crippen molar-refractivity contribution >= 4 is 50.3 Å². The number of nitrogens with one attached hydrogen (secondary N) is 1. The number of ether oxygens (including phenoxy) is 1. The van der Waals surface area contributed by atoms with Crippen LogP contribution in [0.1, 0.15) is 44.3 Å². The molecule has 0 aliphatic carbocycles. The summed E-state index contributed by atoms with van der Waals surface area (Å²) in [5.41, 5.74) is 6.35. The van der Waals surface area contributed by atoms with Gasteiger partial charge < -0.3 is 14.4 Å². The highest BCUT2D eigenvalue weighted by Gasteiger charge is 2.26. The number of hydrogen-bond acceptors (Lipinski definition) is 5. The molecular weight excluding hydrogens is 688 g/mol. The zero-order valence-electron chi connectivity index (χ0n) is 27.5. The highest BCUT2D eigenvalue weighted by Crippen LogP contribution is 2.38. The molecule has 6 rings (SSSR count). The van der Waals surface area contributed by atoms with Crippen LogP contribution in [0.25, 0.3) is 10.9 Å². The van der Waals surface area contributed by atoms with Crippen LogP contribution in [0.3, 0.4) is 0 Å². The Morgan fingerprint density at radius 2 is 1.50 bits per heavy atom. The molecule has 2 N–H and O–H groups in total. The molecule has 0 atom stereocenters. The van der Waals surface area contributed by atoms with Crippen LogP contribution >= 0.6 is 23.4 Å². The minimum atomic E-state index is -3.60. The number of aromatic carboxylic acids is 1. The van der Waals surface area contributed by atoms with E-state index in [4.69, 9.17) is 16.3 Å². The Morgan fingerprint density at radius 3 is 2.14 bits per heavy atom. The molecule has 0 bridgehead atoms. The Balaban J connectivity index is 1.37. The average Bonchev–Trinajstić information content (AvgIpc) is 3.40. The molecule has 0 aliphatic heterocycles. The quantitative estimate of drug-likeness (QED) is 0.103. The third kappa shape index (κ3) is 8.42. The summed E-state index contributed by atoms with van der Waals surface area (Å²) in [6.07, 6.45) is 0.922. The number of carbonyl (C=O) groups is 1. The average molecular weight is 725 g/mol. The first-order valence-electron chi connectivity index (χ1n) is 16.2. The van der Waals surface area contributed by atoms with E-state index in [0.717, 1.165) is 43.7 Å². The molecule has 0 amide bonds. The zero-order valence-corrected chi connectivity index (χ0v) is 29.8. The first-order chi connectivity index (χ1) is 24.2. The summed E-state index contributed by atoms with van der Waals surface area (Å²) >= 11 is 7.92. The molecule has 0 saturated heterocycles. The number of nitrogens with zero attached hydrogens (tertiary/aromatic N) is 1. The third-order valence-corrected chi connectivity index (χ3v) is 11.9. The summed E-state index contributed by atoms with van der Waals surface area (Å²) in [6, 6.07) is 40.3. The van der Waals surface area contributed by atoms with Gasteiger partial charge in [0.15, 0.2) is 0 Å².